The Hall–Kier alpha value is -1.90. The van der Waals surface area contributed by atoms with Crippen molar-refractivity contribution in [3.63, 3.8) is 0 Å². The largest absolute Gasteiger partial charge is 0.354 e. The van der Waals surface area contributed by atoms with Crippen molar-refractivity contribution >= 4 is 41.0 Å². The maximum atomic E-state index is 15.3. The third-order valence-corrected chi connectivity index (χ3v) is 8.60. The smallest absolute Gasteiger partial charge is 0.276 e. The molecule has 188 valence electrons. The quantitative estimate of drug-likeness (QED) is 0.327. The summed E-state index contributed by atoms with van der Waals surface area (Å²) in [4.78, 5) is 21.3. The second-order valence-electron chi connectivity index (χ2n) is 9.64. The molecule has 0 radical (unpaired) electrons. The van der Waals surface area contributed by atoms with Crippen LogP contribution in [0.1, 0.15) is 50.5 Å². The Morgan fingerprint density at radius 2 is 1.66 bits per heavy atom. The van der Waals surface area contributed by atoms with E-state index in [2.05, 4.69) is 21.4 Å². The van der Waals surface area contributed by atoms with Crippen LogP contribution in [0.4, 0.5) is 20.3 Å². The zero-order chi connectivity index (χ0) is 24.4. The lowest BCUT2D eigenvalue weighted by Crippen LogP contribution is -2.44. The van der Waals surface area contributed by atoms with Crippen molar-refractivity contribution in [2.24, 2.45) is 5.92 Å². The van der Waals surface area contributed by atoms with Gasteiger partial charge in [-0.2, -0.15) is 0 Å². The fourth-order valence-electron chi connectivity index (χ4n) is 5.30. The predicted molar refractivity (Wildman–Crippen MR) is 137 cm³/mol. The minimum Gasteiger partial charge on any atom is -0.354 e. The molecule has 0 spiro atoms. The molecule has 1 amide bonds. The Morgan fingerprint density at radius 3 is 2.31 bits per heavy atom. The highest BCUT2D eigenvalue weighted by molar-refractivity contribution is 7.97. The summed E-state index contributed by atoms with van der Waals surface area (Å²) in [6.07, 6.45) is 5.44. The van der Waals surface area contributed by atoms with E-state index in [-0.39, 0.29) is 16.6 Å². The molecule has 1 saturated carbocycles. The molecule has 1 aliphatic carbocycles. The van der Waals surface area contributed by atoms with Gasteiger partial charge in [0.2, 0.25) is 5.91 Å². The number of anilines is 2. The molecule has 5 nitrogen and oxygen atoms in total. The molecule has 5 rings (SSSR count). The van der Waals surface area contributed by atoms with Crippen LogP contribution in [-0.2, 0) is 10.7 Å². The third-order valence-electron chi connectivity index (χ3n) is 7.30. The summed E-state index contributed by atoms with van der Waals surface area (Å²) in [6.45, 7) is 3.72. The summed E-state index contributed by atoms with van der Waals surface area (Å²) < 4.78 is 32.8. The number of nitrogens with zero attached hydrogens (tertiary/aromatic N) is 4. The normalized spacial score (nSPS) is 20.6. The van der Waals surface area contributed by atoms with Gasteiger partial charge in [0.15, 0.2) is 0 Å². The average molecular weight is 521 g/mol. The van der Waals surface area contributed by atoms with Gasteiger partial charge in [-0.3, -0.25) is 4.79 Å². The molecule has 0 atom stereocenters. The molecule has 2 saturated heterocycles. The van der Waals surface area contributed by atoms with Crippen LogP contribution in [0, 0.1) is 5.92 Å². The molecule has 3 heterocycles. The third kappa shape index (κ3) is 5.59. The first-order valence-electron chi connectivity index (χ1n) is 12.5. The molecule has 0 bridgehead atoms. The van der Waals surface area contributed by atoms with Gasteiger partial charge >= 0.3 is 0 Å². The van der Waals surface area contributed by atoms with E-state index in [1.165, 1.54) is 6.07 Å². The molecule has 9 heteroatoms. The van der Waals surface area contributed by atoms with E-state index < -0.39 is 11.8 Å². The van der Waals surface area contributed by atoms with E-state index in [1.54, 1.807) is 18.0 Å². The fourth-order valence-corrected chi connectivity index (χ4v) is 6.41. The van der Waals surface area contributed by atoms with E-state index in [9.17, 15) is 4.79 Å². The maximum absolute atomic E-state index is 15.3. The monoisotopic (exact) mass is 520 g/mol. The number of alkyl halides is 2. The van der Waals surface area contributed by atoms with Crippen molar-refractivity contribution in [1.29, 1.82) is 0 Å². The number of benzene rings is 1. The molecule has 2 aromatic rings. The van der Waals surface area contributed by atoms with Crippen molar-refractivity contribution in [2.45, 2.75) is 55.8 Å². The van der Waals surface area contributed by atoms with E-state index in [4.69, 9.17) is 11.6 Å². The summed E-state index contributed by atoms with van der Waals surface area (Å²) in [5.41, 5.74) is 0.947. The minimum absolute atomic E-state index is 0.00669. The van der Waals surface area contributed by atoms with E-state index in [0.717, 1.165) is 55.9 Å². The number of hydrogen-bond acceptors (Lipinski definition) is 5. The van der Waals surface area contributed by atoms with Gasteiger partial charge < -0.3 is 9.80 Å². The Bertz CT molecular complexity index is 1040. The van der Waals surface area contributed by atoms with Gasteiger partial charge in [0.05, 0.1) is 0 Å². The lowest BCUT2D eigenvalue weighted by molar-refractivity contribution is -0.117. The molecule has 35 heavy (non-hydrogen) atoms. The molecule has 0 unspecified atom stereocenters. The van der Waals surface area contributed by atoms with Crippen LogP contribution in [-0.4, -0.2) is 47.9 Å². The van der Waals surface area contributed by atoms with Crippen LogP contribution in [0.25, 0.3) is 0 Å². The molecule has 3 aliphatic rings. The zero-order valence-electron chi connectivity index (χ0n) is 19.8. The summed E-state index contributed by atoms with van der Waals surface area (Å²) in [5.74, 6) is -2.78. The number of halogens is 3. The Kier molecular flexibility index (Phi) is 7.51. The van der Waals surface area contributed by atoms with Crippen molar-refractivity contribution in [2.75, 3.05) is 42.5 Å². The first kappa shape index (κ1) is 24.8. The number of aromatic nitrogens is 1. The zero-order valence-corrected chi connectivity index (χ0v) is 21.3. The molecule has 3 fully saturated rings. The number of piperazine rings is 1. The summed E-state index contributed by atoms with van der Waals surface area (Å²) in [6, 6.07) is 11.0. The average Bonchev–Trinajstić information content (AvgIpc) is 3.31. The van der Waals surface area contributed by atoms with Gasteiger partial charge in [-0.05, 0) is 67.6 Å². The Morgan fingerprint density at radius 1 is 0.943 bits per heavy atom. The number of hydrogen-bond donors (Lipinski definition) is 0. The predicted octanol–water partition coefficient (Wildman–Crippen LogP) is 6.36. The molecule has 2 aliphatic heterocycles. The van der Waals surface area contributed by atoms with Crippen LogP contribution < -0.4 is 9.80 Å². The summed E-state index contributed by atoms with van der Waals surface area (Å²) >= 11 is 7.89. The van der Waals surface area contributed by atoms with E-state index >= 15 is 8.78 Å². The fraction of sp³-hybridized carbons (Fsp3) is 0.538. The minimum atomic E-state index is -2.88. The lowest BCUT2D eigenvalue weighted by Gasteiger charge is -2.35. The highest BCUT2D eigenvalue weighted by Crippen LogP contribution is 2.44. The number of rotatable bonds is 6. The molecular weight excluding hydrogens is 490 g/mol. The highest BCUT2D eigenvalue weighted by atomic mass is 35.5. The molecular formula is C26H31ClF2N4OS. The number of carbonyl (C=O) groups excluding carboxylic acids is 1. The number of carbonyl (C=O) groups is 1. The van der Waals surface area contributed by atoms with Crippen LogP contribution in [0.5, 0.6) is 0 Å². The highest BCUT2D eigenvalue weighted by Gasteiger charge is 2.42. The second kappa shape index (κ2) is 10.6. The molecule has 1 aromatic heterocycles. The van der Waals surface area contributed by atoms with Gasteiger partial charge in [-0.1, -0.05) is 30.9 Å². The van der Waals surface area contributed by atoms with Crippen LogP contribution in [0.2, 0.25) is 5.15 Å². The van der Waals surface area contributed by atoms with Gasteiger partial charge in [-0.15, -0.1) is 0 Å². The van der Waals surface area contributed by atoms with Crippen molar-refractivity contribution < 1.29 is 13.6 Å². The number of pyridine rings is 1. The SMILES string of the molecule is O=C1CCCN1c1ccc(SN2CCN(c3cc(C(F)(F)C4CCCCC4)cc(Cl)n3)CC2)cc1. The van der Waals surface area contributed by atoms with Gasteiger partial charge in [0.25, 0.3) is 5.92 Å². The Labute approximate surface area is 214 Å². The second-order valence-corrected chi connectivity index (χ2v) is 11.2. The lowest BCUT2D eigenvalue weighted by atomic mass is 9.82. The van der Waals surface area contributed by atoms with E-state index in [1.807, 2.05) is 21.9 Å². The van der Waals surface area contributed by atoms with E-state index in [0.29, 0.717) is 38.2 Å². The van der Waals surface area contributed by atoms with Gasteiger partial charge in [-0.25, -0.2) is 18.1 Å². The van der Waals surface area contributed by atoms with Gasteiger partial charge in [0.1, 0.15) is 11.0 Å². The molecule has 0 N–H and O–H groups in total. The summed E-state index contributed by atoms with van der Waals surface area (Å²) in [7, 11) is 0. The van der Waals surface area contributed by atoms with Crippen molar-refractivity contribution in [3.05, 3.63) is 47.1 Å². The Balaban J connectivity index is 1.20. The first-order chi connectivity index (χ1) is 16.9. The maximum Gasteiger partial charge on any atom is 0.276 e. The topological polar surface area (TPSA) is 39.7 Å². The van der Waals surface area contributed by atoms with Crippen LogP contribution in [0.3, 0.4) is 0 Å². The standard InChI is InChI=1S/C26H31ClF2N4OS/c27-23-17-20(26(28,29)19-5-2-1-3-6-19)18-24(30-23)31-13-15-32(16-14-31)35-22-10-8-21(9-11-22)33-12-4-7-25(33)34/h8-11,17-19H,1-7,12-16H2. The van der Waals surface area contributed by atoms with Crippen LogP contribution >= 0.6 is 23.5 Å². The van der Waals surface area contributed by atoms with Crippen LogP contribution in [0.15, 0.2) is 41.3 Å². The summed E-state index contributed by atoms with van der Waals surface area (Å²) in [5, 5.41) is 0.126. The number of amides is 1. The van der Waals surface area contributed by atoms with Crippen molar-refractivity contribution in [3.8, 4) is 0 Å². The van der Waals surface area contributed by atoms with Gasteiger partial charge in [0, 0.05) is 61.2 Å². The first-order valence-corrected chi connectivity index (χ1v) is 13.7. The molecule has 1 aromatic carbocycles. The van der Waals surface area contributed by atoms with Crippen molar-refractivity contribution in [1.82, 2.24) is 9.29 Å².